The summed E-state index contributed by atoms with van der Waals surface area (Å²) in [6, 6.07) is 7.80. The van der Waals surface area contributed by atoms with E-state index < -0.39 is 0 Å². The SMILES string of the molecule is COc1ccc(OC)c(C(C#N)N2CC(C)CC(C)C2)c1. The molecule has 21 heavy (non-hydrogen) atoms. The Balaban J connectivity index is 2.34. The molecule has 1 fully saturated rings. The first-order chi connectivity index (χ1) is 10.1. The van der Waals surface area contributed by atoms with Crippen LogP contribution in [0.1, 0.15) is 31.9 Å². The molecule has 1 aromatic rings. The van der Waals surface area contributed by atoms with Crippen molar-refractivity contribution in [3.05, 3.63) is 23.8 Å². The minimum atomic E-state index is -0.291. The molecule has 3 atom stereocenters. The first-order valence-electron chi connectivity index (χ1n) is 7.44. The monoisotopic (exact) mass is 288 g/mol. The number of hydrogen-bond acceptors (Lipinski definition) is 4. The van der Waals surface area contributed by atoms with Crippen molar-refractivity contribution in [1.29, 1.82) is 5.26 Å². The van der Waals surface area contributed by atoms with Gasteiger partial charge in [-0.3, -0.25) is 4.90 Å². The van der Waals surface area contributed by atoms with Crippen molar-refractivity contribution in [3.63, 3.8) is 0 Å². The third-order valence-corrected chi connectivity index (χ3v) is 4.12. The second kappa shape index (κ2) is 6.82. The van der Waals surface area contributed by atoms with E-state index >= 15 is 0 Å². The van der Waals surface area contributed by atoms with Crippen molar-refractivity contribution in [2.45, 2.75) is 26.3 Å². The molecule has 1 heterocycles. The van der Waals surface area contributed by atoms with Crippen LogP contribution in [0.15, 0.2) is 18.2 Å². The first kappa shape index (κ1) is 15.7. The van der Waals surface area contributed by atoms with E-state index in [1.807, 2.05) is 18.2 Å². The fourth-order valence-corrected chi connectivity index (χ4v) is 3.32. The Morgan fingerprint density at radius 3 is 2.38 bits per heavy atom. The van der Waals surface area contributed by atoms with Gasteiger partial charge in [-0.25, -0.2) is 0 Å². The second-order valence-electron chi connectivity index (χ2n) is 6.04. The molecular weight excluding hydrogens is 264 g/mol. The molecule has 0 spiro atoms. The smallest absolute Gasteiger partial charge is 0.127 e. The standard InChI is InChI=1S/C17H24N2O2/c1-12-7-13(2)11-19(10-12)16(9-18)15-8-14(20-3)5-6-17(15)21-4/h5-6,8,12-13,16H,7,10-11H2,1-4H3. The van der Waals surface area contributed by atoms with E-state index in [2.05, 4.69) is 24.8 Å². The Labute approximate surface area is 127 Å². The lowest BCUT2D eigenvalue weighted by Gasteiger charge is -2.37. The van der Waals surface area contributed by atoms with Gasteiger partial charge in [0.05, 0.1) is 20.3 Å². The predicted molar refractivity (Wildman–Crippen MR) is 82.4 cm³/mol. The van der Waals surface area contributed by atoms with Crippen molar-refractivity contribution in [2.75, 3.05) is 27.3 Å². The fourth-order valence-electron chi connectivity index (χ4n) is 3.32. The number of ether oxygens (including phenoxy) is 2. The van der Waals surface area contributed by atoms with Crippen LogP contribution in [0, 0.1) is 23.2 Å². The summed E-state index contributed by atoms with van der Waals surface area (Å²) >= 11 is 0. The molecule has 1 aromatic carbocycles. The molecule has 0 saturated carbocycles. The number of benzene rings is 1. The number of nitrogens with zero attached hydrogens (tertiary/aromatic N) is 2. The highest BCUT2D eigenvalue weighted by atomic mass is 16.5. The summed E-state index contributed by atoms with van der Waals surface area (Å²) in [4.78, 5) is 2.26. The van der Waals surface area contributed by atoms with Crippen molar-refractivity contribution >= 4 is 0 Å². The van der Waals surface area contributed by atoms with Crippen LogP contribution in [0.25, 0.3) is 0 Å². The quantitative estimate of drug-likeness (QED) is 0.853. The summed E-state index contributed by atoms with van der Waals surface area (Å²) in [6.45, 7) is 6.39. The number of hydrogen-bond donors (Lipinski definition) is 0. The second-order valence-corrected chi connectivity index (χ2v) is 6.04. The highest BCUT2D eigenvalue weighted by Crippen LogP contribution is 2.35. The van der Waals surface area contributed by atoms with Gasteiger partial charge in [0.2, 0.25) is 0 Å². The van der Waals surface area contributed by atoms with Crippen molar-refractivity contribution in [2.24, 2.45) is 11.8 Å². The van der Waals surface area contributed by atoms with Crippen LogP contribution in [0.2, 0.25) is 0 Å². The summed E-state index contributed by atoms with van der Waals surface area (Å²) in [6.07, 6.45) is 1.23. The maximum absolute atomic E-state index is 9.70. The maximum atomic E-state index is 9.70. The molecule has 1 aliphatic rings. The van der Waals surface area contributed by atoms with E-state index in [4.69, 9.17) is 9.47 Å². The Morgan fingerprint density at radius 1 is 1.19 bits per heavy atom. The van der Waals surface area contributed by atoms with Crippen LogP contribution < -0.4 is 9.47 Å². The fraction of sp³-hybridized carbons (Fsp3) is 0.588. The van der Waals surface area contributed by atoms with Crippen LogP contribution in [0.4, 0.5) is 0 Å². The summed E-state index contributed by atoms with van der Waals surface area (Å²) in [5, 5.41) is 9.70. The Morgan fingerprint density at radius 2 is 1.86 bits per heavy atom. The third kappa shape index (κ3) is 3.48. The van der Waals surface area contributed by atoms with E-state index in [0.717, 1.165) is 30.2 Å². The lowest BCUT2D eigenvalue weighted by molar-refractivity contribution is 0.116. The number of piperidine rings is 1. The molecule has 0 N–H and O–H groups in total. The summed E-state index contributed by atoms with van der Waals surface area (Å²) in [7, 11) is 3.28. The summed E-state index contributed by atoms with van der Waals surface area (Å²) in [5.41, 5.74) is 0.889. The van der Waals surface area contributed by atoms with E-state index in [0.29, 0.717) is 11.8 Å². The summed E-state index contributed by atoms with van der Waals surface area (Å²) in [5.74, 6) is 2.72. The van der Waals surface area contributed by atoms with Crippen molar-refractivity contribution < 1.29 is 9.47 Å². The average Bonchev–Trinajstić information content (AvgIpc) is 2.47. The van der Waals surface area contributed by atoms with Gasteiger partial charge >= 0.3 is 0 Å². The first-order valence-corrected chi connectivity index (χ1v) is 7.44. The van der Waals surface area contributed by atoms with E-state index in [9.17, 15) is 5.26 Å². The molecule has 1 saturated heterocycles. The van der Waals surface area contributed by atoms with Gasteiger partial charge in [0.25, 0.3) is 0 Å². The van der Waals surface area contributed by atoms with Gasteiger partial charge in [-0.05, 0) is 36.5 Å². The van der Waals surface area contributed by atoms with Gasteiger partial charge in [-0.15, -0.1) is 0 Å². The van der Waals surface area contributed by atoms with E-state index in [1.54, 1.807) is 14.2 Å². The Bertz CT molecular complexity index is 514. The highest BCUT2D eigenvalue weighted by Gasteiger charge is 2.30. The molecule has 114 valence electrons. The van der Waals surface area contributed by atoms with Gasteiger partial charge in [-0.1, -0.05) is 13.8 Å². The molecule has 0 aliphatic carbocycles. The third-order valence-electron chi connectivity index (χ3n) is 4.12. The van der Waals surface area contributed by atoms with E-state index in [-0.39, 0.29) is 6.04 Å². The van der Waals surface area contributed by atoms with Crippen LogP contribution in [0.5, 0.6) is 11.5 Å². The van der Waals surface area contributed by atoms with Crippen LogP contribution in [0.3, 0.4) is 0 Å². The molecule has 4 heteroatoms. The predicted octanol–water partition coefficient (Wildman–Crippen LogP) is 3.25. The molecule has 1 aliphatic heterocycles. The zero-order valence-corrected chi connectivity index (χ0v) is 13.3. The molecule has 0 radical (unpaired) electrons. The number of likely N-dealkylation sites (tertiary alicyclic amines) is 1. The molecular formula is C17H24N2O2. The van der Waals surface area contributed by atoms with Gasteiger partial charge in [0, 0.05) is 18.7 Å². The van der Waals surface area contributed by atoms with Crippen LogP contribution >= 0.6 is 0 Å². The highest BCUT2D eigenvalue weighted by molar-refractivity contribution is 5.44. The topological polar surface area (TPSA) is 45.5 Å². The molecule has 0 aromatic heterocycles. The number of nitriles is 1. The van der Waals surface area contributed by atoms with Gasteiger partial charge in [-0.2, -0.15) is 5.26 Å². The normalized spacial score (nSPS) is 24.1. The molecule has 4 nitrogen and oxygen atoms in total. The lowest BCUT2D eigenvalue weighted by atomic mass is 9.90. The zero-order valence-electron chi connectivity index (χ0n) is 13.3. The molecule has 3 unspecified atom stereocenters. The molecule has 2 rings (SSSR count). The largest absolute Gasteiger partial charge is 0.497 e. The lowest BCUT2D eigenvalue weighted by Crippen LogP contribution is -2.40. The molecule has 0 bridgehead atoms. The zero-order chi connectivity index (χ0) is 15.4. The van der Waals surface area contributed by atoms with Crippen LogP contribution in [-0.2, 0) is 0 Å². The Kier molecular flexibility index (Phi) is 5.08. The van der Waals surface area contributed by atoms with Crippen molar-refractivity contribution in [1.82, 2.24) is 4.90 Å². The average molecular weight is 288 g/mol. The van der Waals surface area contributed by atoms with Gasteiger partial charge in [0.15, 0.2) is 0 Å². The van der Waals surface area contributed by atoms with Gasteiger partial charge in [0.1, 0.15) is 17.5 Å². The Hall–Kier alpha value is -1.73. The maximum Gasteiger partial charge on any atom is 0.127 e. The number of methoxy groups -OCH3 is 2. The van der Waals surface area contributed by atoms with Crippen LogP contribution in [-0.4, -0.2) is 32.2 Å². The molecule has 0 amide bonds. The minimum Gasteiger partial charge on any atom is -0.497 e. The number of rotatable bonds is 4. The minimum absolute atomic E-state index is 0.291. The van der Waals surface area contributed by atoms with Gasteiger partial charge < -0.3 is 9.47 Å². The summed E-state index contributed by atoms with van der Waals surface area (Å²) < 4.78 is 10.7. The van der Waals surface area contributed by atoms with E-state index in [1.165, 1.54) is 6.42 Å². The van der Waals surface area contributed by atoms with Crippen molar-refractivity contribution in [3.8, 4) is 17.6 Å².